The number of aromatic hydroxyl groups is 1. The molecule has 0 radical (unpaired) electrons. The summed E-state index contributed by atoms with van der Waals surface area (Å²) in [5.74, 6) is 0.0162. The zero-order valence-corrected chi connectivity index (χ0v) is 11.0. The van der Waals surface area contributed by atoms with E-state index in [1.54, 1.807) is 36.8 Å². The first-order chi connectivity index (χ1) is 8.16. The molecule has 1 heterocycles. The van der Waals surface area contributed by atoms with Crippen molar-refractivity contribution in [3.63, 3.8) is 0 Å². The predicted octanol–water partition coefficient (Wildman–Crippen LogP) is 3.95. The van der Waals surface area contributed by atoms with Gasteiger partial charge in [0.2, 0.25) is 0 Å². The van der Waals surface area contributed by atoms with E-state index in [1.165, 1.54) is 0 Å². The highest BCUT2D eigenvalue weighted by atomic mass is 79.9. The van der Waals surface area contributed by atoms with Crippen LogP contribution < -0.4 is 0 Å². The fourth-order valence-corrected chi connectivity index (χ4v) is 2.09. The van der Waals surface area contributed by atoms with Gasteiger partial charge in [0.25, 0.3) is 0 Å². The number of aromatic nitrogens is 1. The summed E-state index contributed by atoms with van der Waals surface area (Å²) in [6.07, 6.45) is 4.85. The number of pyridine rings is 1. The third-order valence-corrected chi connectivity index (χ3v) is 2.80. The first-order valence-electron chi connectivity index (χ1n) is 4.79. The zero-order valence-electron chi connectivity index (χ0n) is 8.64. The van der Waals surface area contributed by atoms with Crippen molar-refractivity contribution in [3.05, 3.63) is 51.7 Å². The zero-order chi connectivity index (χ0) is 12.3. The fraction of sp³-hybridized carbons (Fsp3) is 0. The molecule has 2 aromatic rings. The van der Waals surface area contributed by atoms with E-state index < -0.39 is 0 Å². The van der Waals surface area contributed by atoms with Gasteiger partial charge in [0, 0.05) is 22.4 Å². The van der Waals surface area contributed by atoms with E-state index in [4.69, 9.17) is 11.6 Å². The topological polar surface area (TPSA) is 45.5 Å². The molecule has 0 saturated heterocycles. The minimum Gasteiger partial charge on any atom is -0.506 e. The highest BCUT2D eigenvalue weighted by Gasteiger charge is 2.05. The summed E-state index contributed by atoms with van der Waals surface area (Å²) in [5, 5.41) is 10.0. The number of hydrogen-bond acceptors (Lipinski definition) is 3. The van der Waals surface area contributed by atoms with Crippen LogP contribution in [0.1, 0.15) is 5.56 Å². The normalized spacial score (nSPS) is 10.9. The Kier molecular flexibility index (Phi) is 3.76. The summed E-state index contributed by atoms with van der Waals surface area (Å²) in [4.78, 5) is 8.14. The van der Waals surface area contributed by atoms with Crippen LogP contribution in [0.3, 0.4) is 0 Å². The minimum absolute atomic E-state index is 0.0162. The molecule has 0 aliphatic carbocycles. The summed E-state index contributed by atoms with van der Waals surface area (Å²) >= 11 is 9.15. The lowest BCUT2D eigenvalue weighted by Gasteiger charge is -2.02. The van der Waals surface area contributed by atoms with Crippen LogP contribution in [0, 0.1) is 0 Å². The van der Waals surface area contributed by atoms with E-state index >= 15 is 0 Å². The van der Waals surface area contributed by atoms with Crippen molar-refractivity contribution >= 4 is 39.4 Å². The van der Waals surface area contributed by atoms with Crippen molar-refractivity contribution in [2.24, 2.45) is 4.99 Å². The Morgan fingerprint density at radius 2 is 2.24 bits per heavy atom. The third kappa shape index (κ3) is 3.05. The van der Waals surface area contributed by atoms with Crippen molar-refractivity contribution < 1.29 is 5.11 Å². The summed E-state index contributed by atoms with van der Waals surface area (Å²) in [7, 11) is 0. The molecule has 0 spiro atoms. The second-order valence-corrected chi connectivity index (χ2v) is 4.62. The number of phenolic OH excluding ortho intramolecular Hbond substituents is 1. The summed E-state index contributed by atoms with van der Waals surface area (Å²) in [6, 6.07) is 6.97. The largest absolute Gasteiger partial charge is 0.506 e. The molecule has 0 aliphatic rings. The number of rotatable bonds is 2. The van der Waals surface area contributed by atoms with E-state index in [9.17, 15) is 5.11 Å². The SMILES string of the molecule is Oc1c(Cl)cc(Br)cc1C=Nc1cccnc1. The molecule has 5 heteroatoms. The van der Waals surface area contributed by atoms with Crippen molar-refractivity contribution in [2.75, 3.05) is 0 Å². The number of nitrogens with zero attached hydrogens (tertiary/aromatic N) is 2. The molecule has 86 valence electrons. The molecular weight excluding hydrogens is 304 g/mol. The van der Waals surface area contributed by atoms with Crippen LogP contribution in [0.15, 0.2) is 46.1 Å². The van der Waals surface area contributed by atoms with E-state index in [1.807, 2.05) is 6.07 Å². The molecule has 0 saturated carbocycles. The van der Waals surface area contributed by atoms with Gasteiger partial charge in [0.1, 0.15) is 5.75 Å². The van der Waals surface area contributed by atoms with E-state index in [-0.39, 0.29) is 10.8 Å². The van der Waals surface area contributed by atoms with Crippen molar-refractivity contribution in [1.82, 2.24) is 4.98 Å². The maximum atomic E-state index is 9.74. The Balaban J connectivity index is 2.33. The van der Waals surface area contributed by atoms with Crippen LogP contribution in [0.4, 0.5) is 5.69 Å². The lowest BCUT2D eigenvalue weighted by Crippen LogP contribution is -1.84. The van der Waals surface area contributed by atoms with Gasteiger partial charge in [-0.2, -0.15) is 0 Å². The number of aliphatic imine (C=N–C) groups is 1. The number of halogens is 2. The molecule has 0 aliphatic heterocycles. The molecular formula is C12H8BrClN2O. The highest BCUT2D eigenvalue weighted by molar-refractivity contribution is 9.10. The summed E-state index contributed by atoms with van der Waals surface area (Å²) < 4.78 is 0.785. The van der Waals surface area contributed by atoms with E-state index in [2.05, 4.69) is 25.9 Å². The van der Waals surface area contributed by atoms with Crippen molar-refractivity contribution in [3.8, 4) is 5.75 Å². The molecule has 0 atom stereocenters. The van der Waals surface area contributed by atoms with Gasteiger partial charge in [-0.1, -0.05) is 27.5 Å². The fourth-order valence-electron chi connectivity index (χ4n) is 1.26. The summed E-state index contributed by atoms with van der Waals surface area (Å²) in [5.41, 5.74) is 1.26. The first kappa shape index (κ1) is 12.1. The van der Waals surface area contributed by atoms with Gasteiger partial charge in [-0.25, -0.2) is 0 Å². The average Bonchev–Trinajstić information content (AvgIpc) is 2.33. The van der Waals surface area contributed by atoms with Crippen LogP contribution in [-0.4, -0.2) is 16.3 Å². The van der Waals surface area contributed by atoms with Crippen molar-refractivity contribution in [1.29, 1.82) is 0 Å². The maximum absolute atomic E-state index is 9.74. The van der Waals surface area contributed by atoms with E-state index in [0.29, 0.717) is 11.3 Å². The predicted molar refractivity (Wildman–Crippen MR) is 72.3 cm³/mol. The van der Waals surface area contributed by atoms with Crippen LogP contribution in [0.5, 0.6) is 5.75 Å². The van der Waals surface area contributed by atoms with Crippen molar-refractivity contribution in [2.45, 2.75) is 0 Å². The number of phenols is 1. The Morgan fingerprint density at radius 1 is 1.41 bits per heavy atom. The molecule has 0 bridgehead atoms. The minimum atomic E-state index is 0.0162. The van der Waals surface area contributed by atoms with Crippen LogP contribution in [0.2, 0.25) is 5.02 Å². The Morgan fingerprint density at radius 3 is 2.94 bits per heavy atom. The van der Waals surface area contributed by atoms with Crippen LogP contribution >= 0.6 is 27.5 Å². The Labute approximate surface area is 112 Å². The second kappa shape index (κ2) is 5.29. The number of benzene rings is 1. The molecule has 0 amide bonds. The standard InChI is InChI=1S/C12H8BrClN2O/c13-9-4-8(12(17)11(14)5-9)6-16-10-2-1-3-15-7-10/h1-7,17H. The van der Waals surface area contributed by atoms with Gasteiger partial charge < -0.3 is 5.11 Å². The van der Waals surface area contributed by atoms with Gasteiger partial charge in [0.15, 0.2) is 0 Å². The van der Waals surface area contributed by atoms with Gasteiger partial charge >= 0.3 is 0 Å². The average molecular weight is 312 g/mol. The van der Waals surface area contributed by atoms with Crippen LogP contribution in [0.25, 0.3) is 0 Å². The molecule has 1 N–H and O–H groups in total. The van der Waals surface area contributed by atoms with Crippen LogP contribution in [-0.2, 0) is 0 Å². The molecule has 1 aromatic heterocycles. The lowest BCUT2D eigenvalue weighted by molar-refractivity contribution is 0.474. The first-order valence-corrected chi connectivity index (χ1v) is 5.96. The van der Waals surface area contributed by atoms with Gasteiger partial charge in [-0.3, -0.25) is 9.98 Å². The van der Waals surface area contributed by atoms with Gasteiger partial charge in [-0.05, 0) is 24.3 Å². The van der Waals surface area contributed by atoms with Gasteiger partial charge in [-0.15, -0.1) is 0 Å². The molecule has 1 aromatic carbocycles. The molecule has 2 rings (SSSR count). The second-order valence-electron chi connectivity index (χ2n) is 3.29. The smallest absolute Gasteiger partial charge is 0.143 e. The highest BCUT2D eigenvalue weighted by Crippen LogP contribution is 2.30. The third-order valence-electron chi connectivity index (χ3n) is 2.06. The molecule has 3 nitrogen and oxygen atoms in total. The van der Waals surface area contributed by atoms with E-state index in [0.717, 1.165) is 4.47 Å². The quantitative estimate of drug-likeness (QED) is 0.853. The maximum Gasteiger partial charge on any atom is 0.143 e. The monoisotopic (exact) mass is 310 g/mol. The Bertz CT molecular complexity index is 558. The molecule has 17 heavy (non-hydrogen) atoms. The number of hydrogen-bond donors (Lipinski definition) is 1. The molecule has 0 unspecified atom stereocenters. The summed E-state index contributed by atoms with van der Waals surface area (Å²) in [6.45, 7) is 0. The van der Waals surface area contributed by atoms with Gasteiger partial charge in [0.05, 0.1) is 16.9 Å². The lowest BCUT2D eigenvalue weighted by atomic mass is 10.2. The molecule has 0 fully saturated rings. The Hall–Kier alpha value is -1.39.